The van der Waals surface area contributed by atoms with Crippen LogP contribution < -0.4 is 10.3 Å². The van der Waals surface area contributed by atoms with Gasteiger partial charge in [0.1, 0.15) is 0 Å². The fourth-order valence-electron chi connectivity index (χ4n) is 4.04. The van der Waals surface area contributed by atoms with E-state index in [9.17, 15) is 9.59 Å². The average molecular weight is 384 g/mol. The molecule has 1 aliphatic rings. The number of hydrogen-bond donors (Lipinski definition) is 0. The first-order valence-corrected chi connectivity index (χ1v) is 9.71. The molecule has 1 aliphatic heterocycles. The molecule has 2 aromatic heterocycles. The van der Waals surface area contributed by atoms with Gasteiger partial charge in [0.15, 0.2) is 5.43 Å². The van der Waals surface area contributed by atoms with E-state index >= 15 is 0 Å². The molecule has 0 atom stereocenters. The highest BCUT2D eigenvalue weighted by Crippen LogP contribution is 2.21. The monoisotopic (exact) mass is 384 g/mol. The molecule has 0 bridgehead atoms. The van der Waals surface area contributed by atoms with Crippen LogP contribution in [-0.2, 0) is 0 Å². The van der Waals surface area contributed by atoms with Gasteiger partial charge in [0, 0.05) is 43.1 Å². The normalized spacial score (nSPS) is 14.5. The summed E-state index contributed by atoms with van der Waals surface area (Å²) in [6.07, 6.45) is 3.61. The van der Waals surface area contributed by atoms with Gasteiger partial charge < -0.3 is 9.80 Å². The fraction of sp³-hybridized carbons (Fsp3) is 0.174. The molecule has 1 amide bonds. The predicted octanol–water partition coefficient (Wildman–Crippen LogP) is 3.34. The Morgan fingerprint density at radius 3 is 2.00 bits per heavy atom. The van der Waals surface area contributed by atoms with Crippen LogP contribution in [0.2, 0.25) is 0 Å². The van der Waals surface area contributed by atoms with E-state index in [1.165, 1.54) is 0 Å². The van der Waals surface area contributed by atoms with Crippen LogP contribution in [0.25, 0.3) is 21.8 Å². The Bertz CT molecular complexity index is 1200. The van der Waals surface area contributed by atoms with Crippen molar-refractivity contribution < 1.29 is 4.79 Å². The molecule has 0 spiro atoms. The zero-order valence-corrected chi connectivity index (χ0v) is 15.9. The largest absolute Gasteiger partial charge is 0.367 e. The SMILES string of the molecule is O=C(N1CCN(c2cccnc2)CC1)n1c2ccccc2c(=O)c2ccccc21. The van der Waals surface area contributed by atoms with Crippen molar-refractivity contribution in [2.75, 3.05) is 31.1 Å². The summed E-state index contributed by atoms with van der Waals surface area (Å²) >= 11 is 0. The molecule has 0 saturated carbocycles. The zero-order chi connectivity index (χ0) is 19.8. The Hall–Kier alpha value is -3.67. The quantitative estimate of drug-likeness (QED) is 0.472. The molecular formula is C23H20N4O2. The van der Waals surface area contributed by atoms with E-state index in [-0.39, 0.29) is 11.5 Å². The highest BCUT2D eigenvalue weighted by atomic mass is 16.2. The molecule has 0 N–H and O–H groups in total. The van der Waals surface area contributed by atoms with Crippen LogP contribution in [0.1, 0.15) is 0 Å². The van der Waals surface area contributed by atoms with E-state index in [4.69, 9.17) is 0 Å². The molecule has 2 aromatic carbocycles. The van der Waals surface area contributed by atoms with Crippen molar-refractivity contribution >= 4 is 33.5 Å². The van der Waals surface area contributed by atoms with Crippen molar-refractivity contribution in [3.05, 3.63) is 83.3 Å². The molecule has 5 rings (SSSR count). The number of anilines is 1. The molecule has 1 saturated heterocycles. The van der Waals surface area contributed by atoms with Crippen molar-refractivity contribution in [1.82, 2.24) is 14.5 Å². The Balaban J connectivity index is 1.53. The minimum atomic E-state index is -0.0942. The summed E-state index contributed by atoms with van der Waals surface area (Å²) in [5.41, 5.74) is 2.33. The second-order valence-corrected chi connectivity index (χ2v) is 7.17. The van der Waals surface area contributed by atoms with E-state index in [0.717, 1.165) is 18.8 Å². The number of amides is 1. The van der Waals surface area contributed by atoms with Crippen LogP contribution in [0, 0.1) is 0 Å². The molecule has 6 heteroatoms. The molecule has 144 valence electrons. The second-order valence-electron chi connectivity index (χ2n) is 7.17. The van der Waals surface area contributed by atoms with Gasteiger partial charge in [0.25, 0.3) is 0 Å². The van der Waals surface area contributed by atoms with Gasteiger partial charge in [-0.1, -0.05) is 24.3 Å². The smallest absolute Gasteiger partial charge is 0.329 e. The molecular weight excluding hydrogens is 364 g/mol. The fourth-order valence-corrected chi connectivity index (χ4v) is 4.04. The Kier molecular flexibility index (Phi) is 4.24. The number of aromatic nitrogens is 2. The lowest BCUT2D eigenvalue weighted by molar-refractivity contribution is 0.198. The van der Waals surface area contributed by atoms with Crippen LogP contribution in [0.5, 0.6) is 0 Å². The molecule has 0 aliphatic carbocycles. The first-order chi connectivity index (χ1) is 14.2. The number of rotatable bonds is 1. The minimum absolute atomic E-state index is 0.0401. The Morgan fingerprint density at radius 1 is 0.793 bits per heavy atom. The van der Waals surface area contributed by atoms with Gasteiger partial charge in [-0.2, -0.15) is 0 Å². The number of para-hydroxylation sites is 2. The lowest BCUT2D eigenvalue weighted by Gasteiger charge is -2.36. The summed E-state index contributed by atoms with van der Waals surface area (Å²) in [4.78, 5) is 34.7. The summed E-state index contributed by atoms with van der Waals surface area (Å²) < 4.78 is 1.69. The maximum absolute atomic E-state index is 13.5. The van der Waals surface area contributed by atoms with E-state index in [2.05, 4.69) is 9.88 Å². The number of hydrogen-bond acceptors (Lipinski definition) is 4. The van der Waals surface area contributed by atoms with Crippen LogP contribution in [0.4, 0.5) is 10.5 Å². The molecule has 29 heavy (non-hydrogen) atoms. The zero-order valence-electron chi connectivity index (χ0n) is 15.9. The minimum Gasteiger partial charge on any atom is -0.367 e. The molecule has 6 nitrogen and oxygen atoms in total. The van der Waals surface area contributed by atoms with Crippen LogP contribution in [-0.4, -0.2) is 46.7 Å². The third kappa shape index (κ3) is 2.93. The van der Waals surface area contributed by atoms with E-state index in [0.29, 0.717) is 34.9 Å². The first-order valence-electron chi connectivity index (χ1n) is 9.71. The third-order valence-electron chi connectivity index (χ3n) is 5.53. The highest BCUT2D eigenvalue weighted by Gasteiger charge is 2.25. The van der Waals surface area contributed by atoms with Gasteiger partial charge in [0.05, 0.1) is 22.9 Å². The van der Waals surface area contributed by atoms with E-state index in [1.54, 1.807) is 22.9 Å². The number of benzene rings is 2. The maximum Gasteiger partial charge on any atom is 0.329 e. The lowest BCUT2D eigenvalue weighted by atomic mass is 10.1. The molecule has 0 radical (unpaired) electrons. The van der Waals surface area contributed by atoms with Crippen LogP contribution in [0.15, 0.2) is 77.9 Å². The Morgan fingerprint density at radius 2 is 1.41 bits per heavy atom. The summed E-state index contributed by atoms with van der Waals surface area (Å²) in [6, 6.07) is 18.5. The topological polar surface area (TPSA) is 58.4 Å². The summed E-state index contributed by atoms with van der Waals surface area (Å²) in [6.45, 7) is 2.71. The average Bonchev–Trinajstić information content (AvgIpc) is 2.80. The summed E-state index contributed by atoms with van der Waals surface area (Å²) in [5, 5.41) is 1.13. The Labute approximate surface area is 167 Å². The molecule has 0 unspecified atom stereocenters. The van der Waals surface area contributed by atoms with Crippen molar-refractivity contribution in [2.24, 2.45) is 0 Å². The van der Waals surface area contributed by atoms with Gasteiger partial charge in [-0.05, 0) is 36.4 Å². The van der Waals surface area contributed by atoms with Gasteiger partial charge in [-0.25, -0.2) is 4.79 Å². The lowest BCUT2D eigenvalue weighted by Crippen LogP contribution is -2.50. The van der Waals surface area contributed by atoms with Gasteiger partial charge in [-0.3, -0.25) is 14.3 Å². The molecule has 4 aromatic rings. The number of piperazine rings is 1. The summed E-state index contributed by atoms with van der Waals surface area (Å²) in [5.74, 6) is 0. The van der Waals surface area contributed by atoms with E-state index in [1.807, 2.05) is 59.6 Å². The van der Waals surface area contributed by atoms with Crippen LogP contribution in [0.3, 0.4) is 0 Å². The van der Waals surface area contributed by atoms with Gasteiger partial charge in [-0.15, -0.1) is 0 Å². The number of pyridine rings is 2. The molecule has 1 fully saturated rings. The number of fused-ring (bicyclic) bond motifs is 2. The standard InChI is InChI=1S/C23H20N4O2/c28-22-18-7-1-3-9-20(18)27(21-10-4-2-8-19(21)22)23(29)26-14-12-25(13-15-26)17-6-5-11-24-16-17/h1-11,16H,12-15H2. The van der Waals surface area contributed by atoms with Crippen molar-refractivity contribution in [1.29, 1.82) is 0 Å². The predicted molar refractivity (Wildman–Crippen MR) is 115 cm³/mol. The van der Waals surface area contributed by atoms with Gasteiger partial charge >= 0.3 is 6.03 Å². The summed E-state index contributed by atoms with van der Waals surface area (Å²) in [7, 11) is 0. The highest BCUT2D eigenvalue weighted by molar-refractivity contribution is 6.02. The van der Waals surface area contributed by atoms with Crippen molar-refractivity contribution in [3.8, 4) is 0 Å². The molecule has 3 heterocycles. The maximum atomic E-state index is 13.5. The van der Waals surface area contributed by atoms with Crippen molar-refractivity contribution in [3.63, 3.8) is 0 Å². The first kappa shape index (κ1) is 17.4. The number of carbonyl (C=O) groups is 1. The number of carbonyl (C=O) groups excluding carboxylic acids is 1. The second kappa shape index (κ2) is 7.05. The third-order valence-corrected chi connectivity index (χ3v) is 5.53. The number of nitrogens with zero attached hydrogens (tertiary/aromatic N) is 4. The van der Waals surface area contributed by atoms with Gasteiger partial charge in [0.2, 0.25) is 0 Å². The van der Waals surface area contributed by atoms with Crippen LogP contribution >= 0.6 is 0 Å². The van der Waals surface area contributed by atoms with Crippen molar-refractivity contribution in [2.45, 2.75) is 0 Å². The van der Waals surface area contributed by atoms with E-state index < -0.39 is 0 Å².